The van der Waals surface area contributed by atoms with E-state index in [4.69, 9.17) is 5.11 Å². The zero-order chi connectivity index (χ0) is 13.4. The Hall–Kier alpha value is -0.300. The van der Waals surface area contributed by atoms with Gasteiger partial charge in [0, 0.05) is 0 Å². The molecule has 0 aromatic heterocycles. The molecule has 1 N–H and O–H groups in total. The number of hydrogen-bond acceptors (Lipinski definition) is 1. The van der Waals surface area contributed by atoms with Crippen molar-refractivity contribution in [2.24, 2.45) is 5.92 Å². The van der Waals surface area contributed by atoms with Crippen LogP contribution >= 0.6 is 0 Å². The van der Waals surface area contributed by atoms with E-state index in [0.29, 0.717) is 5.92 Å². The minimum atomic E-state index is -0.324. The van der Waals surface area contributed by atoms with Crippen molar-refractivity contribution in [2.75, 3.05) is 0 Å². The maximum absolute atomic E-state index is 9.10. The predicted molar refractivity (Wildman–Crippen MR) is 74.3 cm³/mol. The van der Waals surface area contributed by atoms with E-state index in [1.165, 1.54) is 6.42 Å². The van der Waals surface area contributed by atoms with Gasteiger partial charge in [-0.2, -0.15) is 0 Å². The molecule has 0 heterocycles. The van der Waals surface area contributed by atoms with Gasteiger partial charge in [0.1, 0.15) is 0 Å². The molecule has 15 heavy (non-hydrogen) atoms. The van der Waals surface area contributed by atoms with Gasteiger partial charge in [-0.15, -0.1) is 0 Å². The summed E-state index contributed by atoms with van der Waals surface area (Å²) in [5.41, 5.74) is 0.847. The molecule has 1 nitrogen and oxygen atoms in total. The molecule has 1 heteroatoms. The first-order valence-electron chi connectivity index (χ1n) is 6.30. The van der Waals surface area contributed by atoms with Gasteiger partial charge in [0.25, 0.3) is 0 Å². The topological polar surface area (TPSA) is 20.2 Å². The van der Waals surface area contributed by atoms with Crippen LogP contribution in [0.15, 0.2) is 12.2 Å². The molecule has 0 spiro atoms. The average molecular weight is 218 g/mol. The summed E-state index contributed by atoms with van der Waals surface area (Å²) in [7, 11) is 0. The minimum Gasteiger partial charge on any atom is -0.389 e. The molecule has 96 valence electrons. The molecule has 0 rings (SSSR count). The fourth-order valence-electron chi connectivity index (χ4n) is 0.569. The van der Waals surface area contributed by atoms with E-state index in [9.17, 15) is 0 Å². The average Bonchev–Trinajstić information content (AvgIpc) is 2.23. The van der Waals surface area contributed by atoms with Crippen molar-refractivity contribution >= 4 is 0 Å². The molecule has 0 aliphatic carbocycles. The summed E-state index contributed by atoms with van der Waals surface area (Å²) in [5.74, 6) is 0.299. The Balaban J connectivity index is -0.0000000726. The molecule has 1 atom stereocenters. The SMILES string of the molecule is C=C(C)C(O)C(C)C.CC.CC.CCC. The van der Waals surface area contributed by atoms with Crippen molar-refractivity contribution in [3.05, 3.63) is 12.2 Å². The molecular formula is C14H34O. The van der Waals surface area contributed by atoms with Gasteiger partial charge in [0.05, 0.1) is 6.10 Å². The third-order valence-corrected chi connectivity index (χ3v) is 1.14. The monoisotopic (exact) mass is 218 g/mol. The van der Waals surface area contributed by atoms with Crippen LogP contribution in [-0.4, -0.2) is 11.2 Å². The first kappa shape index (κ1) is 24.1. The van der Waals surface area contributed by atoms with Crippen LogP contribution in [0.2, 0.25) is 0 Å². The van der Waals surface area contributed by atoms with E-state index in [-0.39, 0.29) is 6.10 Å². The highest BCUT2D eigenvalue weighted by Gasteiger charge is 2.07. The quantitative estimate of drug-likeness (QED) is 0.643. The highest BCUT2D eigenvalue weighted by Crippen LogP contribution is 2.07. The largest absolute Gasteiger partial charge is 0.389 e. The second-order valence-electron chi connectivity index (χ2n) is 3.24. The third-order valence-electron chi connectivity index (χ3n) is 1.14. The van der Waals surface area contributed by atoms with Crippen LogP contribution in [0, 0.1) is 5.92 Å². The summed E-state index contributed by atoms with van der Waals surface area (Å²) < 4.78 is 0. The van der Waals surface area contributed by atoms with Crippen LogP contribution in [0.25, 0.3) is 0 Å². The number of hydrogen-bond donors (Lipinski definition) is 1. The molecular weight excluding hydrogens is 184 g/mol. The standard InChI is InChI=1S/C7H14O.C3H8.2C2H6/c1-5(2)7(8)6(3)4;1-3-2;2*1-2/h6-8H,1H2,2-4H3;3H2,1-2H3;2*1-2H3. The molecule has 0 saturated carbocycles. The Morgan fingerprint density at radius 2 is 1.27 bits per heavy atom. The van der Waals surface area contributed by atoms with E-state index in [0.717, 1.165) is 5.57 Å². The smallest absolute Gasteiger partial charge is 0.0767 e. The van der Waals surface area contributed by atoms with E-state index >= 15 is 0 Å². The molecule has 0 aromatic carbocycles. The molecule has 1 unspecified atom stereocenters. The highest BCUT2D eigenvalue weighted by atomic mass is 16.3. The van der Waals surface area contributed by atoms with Crippen LogP contribution in [-0.2, 0) is 0 Å². The summed E-state index contributed by atoms with van der Waals surface area (Å²) in [5, 5.41) is 9.10. The second-order valence-corrected chi connectivity index (χ2v) is 3.24. The van der Waals surface area contributed by atoms with E-state index in [2.05, 4.69) is 20.4 Å². The van der Waals surface area contributed by atoms with Crippen molar-refractivity contribution in [2.45, 2.75) is 74.8 Å². The van der Waals surface area contributed by atoms with Gasteiger partial charge in [-0.3, -0.25) is 0 Å². The first-order chi connectivity index (χ1) is 6.97. The lowest BCUT2D eigenvalue weighted by Gasteiger charge is -2.12. The Morgan fingerprint density at radius 1 is 1.07 bits per heavy atom. The van der Waals surface area contributed by atoms with Gasteiger partial charge < -0.3 is 5.11 Å². The number of aliphatic hydroxyl groups is 1. The van der Waals surface area contributed by atoms with E-state index in [1.807, 2.05) is 48.5 Å². The predicted octanol–water partition coefficient (Wildman–Crippen LogP) is 5.05. The maximum Gasteiger partial charge on any atom is 0.0767 e. The molecule has 0 bridgehead atoms. The van der Waals surface area contributed by atoms with Crippen molar-refractivity contribution in [3.8, 4) is 0 Å². The minimum absolute atomic E-state index is 0.299. The lowest BCUT2D eigenvalue weighted by molar-refractivity contribution is 0.161. The van der Waals surface area contributed by atoms with Crippen LogP contribution in [0.4, 0.5) is 0 Å². The molecule has 0 aliphatic rings. The maximum atomic E-state index is 9.10. The third kappa shape index (κ3) is 31.6. The van der Waals surface area contributed by atoms with Crippen molar-refractivity contribution in [1.82, 2.24) is 0 Å². The normalized spacial score (nSPS) is 9.53. The lowest BCUT2D eigenvalue weighted by atomic mass is 10.0. The van der Waals surface area contributed by atoms with Crippen molar-refractivity contribution in [3.63, 3.8) is 0 Å². The molecule has 0 amide bonds. The summed E-state index contributed by atoms with van der Waals surface area (Å²) >= 11 is 0. The van der Waals surface area contributed by atoms with Gasteiger partial charge in [-0.05, 0) is 12.8 Å². The molecule has 0 aromatic rings. The van der Waals surface area contributed by atoms with Gasteiger partial charge in [-0.25, -0.2) is 0 Å². The van der Waals surface area contributed by atoms with Crippen molar-refractivity contribution < 1.29 is 5.11 Å². The van der Waals surface area contributed by atoms with Gasteiger partial charge in [0.15, 0.2) is 0 Å². The Kier molecular flexibility index (Phi) is 37.7. The zero-order valence-corrected chi connectivity index (χ0v) is 12.5. The molecule has 0 fully saturated rings. The fourth-order valence-corrected chi connectivity index (χ4v) is 0.569. The van der Waals surface area contributed by atoms with Crippen LogP contribution < -0.4 is 0 Å². The molecule has 0 aliphatic heterocycles. The van der Waals surface area contributed by atoms with Crippen molar-refractivity contribution in [1.29, 1.82) is 0 Å². The van der Waals surface area contributed by atoms with E-state index in [1.54, 1.807) is 0 Å². The second kappa shape index (κ2) is 23.5. The fraction of sp³-hybridized carbons (Fsp3) is 0.857. The first-order valence-corrected chi connectivity index (χ1v) is 6.30. The lowest BCUT2D eigenvalue weighted by Crippen LogP contribution is -2.14. The Bertz CT molecular complexity index is 95.5. The summed E-state index contributed by atoms with van der Waals surface area (Å²) in [6, 6.07) is 0. The van der Waals surface area contributed by atoms with Crippen LogP contribution in [0.3, 0.4) is 0 Å². The Morgan fingerprint density at radius 3 is 1.27 bits per heavy atom. The summed E-state index contributed by atoms with van der Waals surface area (Å²) in [4.78, 5) is 0. The zero-order valence-electron chi connectivity index (χ0n) is 12.5. The Labute approximate surface area is 98.6 Å². The van der Waals surface area contributed by atoms with E-state index < -0.39 is 0 Å². The summed E-state index contributed by atoms with van der Waals surface area (Å²) in [6.45, 7) is 21.7. The van der Waals surface area contributed by atoms with Gasteiger partial charge >= 0.3 is 0 Å². The van der Waals surface area contributed by atoms with Gasteiger partial charge in [0.2, 0.25) is 0 Å². The van der Waals surface area contributed by atoms with Gasteiger partial charge in [-0.1, -0.05) is 74.0 Å². The number of aliphatic hydroxyl groups excluding tert-OH is 1. The molecule has 0 saturated heterocycles. The number of rotatable bonds is 2. The van der Waals surface area contributed by atoms with Crippen LogP contribution in [0.1, 0.15) is 68.7 Å². The molecule has 0 radical (unpaired) electrons. The summed E-state index contributed by atoms with van der Waals surface area (Å²) in [6.07, 6.45) is 0.926. The van der Waals surface area contributed by atoms with Crippen LogP contribution in [0.5, 0.6) is 0 Å². The highest BCUT2D eigenvalue weighted by molar-refractivity contribution is 4.97.